The number of β-lactam (4-membered cyclic amide) rings is 1. The van der Waals surface area contributed by atoms with Crippen molar-refractivity contribution in [2.45, 2.75) is 32.1 Å². The van der Waals surface area contributed by atoms with E-state index < -0.39 is 18.1 Å². The van der Waals surface area contributed by atoms with Gasteiger partial charge in [-0.15, -0.1) is 0 Å². The van der Waals surface area contributed by atoms with Crippen molar-refractivity contribution in [1.29, 1.82) is 0 Å². The fraction of sp³-hybridized carbons (Fsp3) is 0.385. The Morgan fingerprint density at radius 1 is 1.33 bits per heavy atom. The van der Waals surface area contributed by atoms with E-state index in [1.807, 2.05) is 6.07 Å². The molecular weight excluding hydrogens is 234 g/mol. The summed E-state index contributed by atoms with van der Waals surface area (Å²) in [5, 5.41) is 9.19. The predicted molar refractivity (Wildman–Crippen MR) is 65.4 cm³/mol. The van der Waals surface area contributed by atoms with Crippen molar-refractivity contribution in [3.63, 3.8) is 0 Å². The number of nitrogens with zero attached hydrogens (tertiary/aromatic N) is 1. The number of carboxylic acids is 1. The Kier molecular flexibility index (Phi) is 3.34. The lowest BCUT2D eigenvalue weighted by Crippen LogP contribution is -2.69. The molecule has 1 aromatic carbocycles. The van der Waals surface area contributed by atoms with Gasteiger partial charge < -0.3 is 9.84 Å². The van der Waals surface area contributed by atoms with Crippen LogP contribution in [0.1, 0.15) is 13.8 Å². The van der Waals surface area contributed by atoms with Crippen molar-refractivity contribution in [3.8, 4) is 0 Å². The molecule has 1 N–H and O–H groups in total. The summed E-state index contributed by atoms with van der Waals surface area (Å²) in [6, 6.07) is 7.81. The van der Waals surface area contributed by atoms with Crippen LogP contribution in [0.4, 0.5) is 5.69 Å². The number of carbonyl (C=O) groups excluding carboxylic acids is 1. The first-order valence-corrected chi connectivity index (χ1v) is 5.78. The number of hydrogen-bond acceptors (Lipinski definition) is 3. The quantitative estimate of drug-likeness (QED) is 0.816. The normalized spacial score (nSPS) is 23.1. The molecule has 2 atom stereocenters. The van der Waals surface area contributed by atoms with Crippen molar-refractivity contribution >= 4 is 17.6 Å². The van der Waals surface area contributed by atoms with Crippen molar-refractivity contribution in [2.24, 2.45) is 0 Å². The standard InChI is InChI=1S/C13H15NO4/c1-8(2)18-11-10(13(16)17)14(12(11)15)9-6-4-3-5-7-9/h3-8,10-11H,1-2H3,(H,16,17)/t10-,11+/m0/s1. The molecule has 96 valence electrons. The topological polar surface area (TPSA) is 66.8 Å². The van der Waals surface area contributed by atoms with Gasteiger partial charge in [0.1, 0.15) is 0 Å². The monoisotopic (exact) mass is 249 g/mol. The van der Waals surface area contributed by atoms with Crippen LogP contribution < -0.4 is 4.90 Å². The third-order valence-electron chi connectivity index (χ3n) is 2.75. The summed E-state index contributed by atoms with van der Waals surface area (Å²) in [6.45, 7) is 3.55. The zero-order valence-corrected chi connectivity index (χ0v) is 10.2. The molecule has 2 rings (SSSR count). The maximum Gasteiger partial charge on any atom is 0.330 e. The lowest BCUT2D eigenvalue weighted by atomic mass is 9.96. The summed E-state index contributed by atoms with van der Waals surface area (Å²) >= 11 is 0. The predicted octanol–water partition coefficient (Wildman–Crippen LogP) is 1.28. The molecule has 1 aliphatic heterocycles. The van der Waals surface area contributed by atoms with Gasteiger partial charge >= 0.3 is 5.97 Å². The second-order valence-corrected chi connectivity index (χ2v) is 4.43. The second-order valence-electron chi connectivity index (χ2n) is 4.43. The molecule has 0 spiro atoms. The summed E-state index contributed by atoms with van der Waals surface area (Å²) in [5.74, 6) is -1.36. The van der Waals surface area contributed by atoms with Gasteiger partial charge in [-0.05, 0) is 26.0 Å². The minimum absolute atomic E-state index is 0.182. The summed E-state index contributed by atoms with van der Waals surface area (Å²) in [5.41, 5.74) is 0.582. The lowest BCUT2D eigenvalue weighted by molar-refractivity contribution is -0.160. The molecule has 0 aliphatic carbocycles. The third kappa shape index (κ3) is 2.09. The van der Waals surface area contributed by atoms with Gasteiger partial charge in [0.15, 0.2) is 12.1 Å². The number of benzene rings is 1. The van der Waals surface area contributed by atoms with Crippen molar-refractivity contribution in [1.82, 2.24) is 0 Å². The van der Waals surface area contributed by atoms with Gasteiger partial charge in [0.05, 0.1) is 6.10 Å². The van der Waals surface area contributed by atoms with E-state index in [4.69, 9.17) is 4.74 Å². The molecule has 5 heteroatoms. The van der Waals surface area contributed by atoms with Gasteiger partial charge in [0.2, 0.25) is 0 Å². The van der Waals surface area contributed by atoms with E-state index in [0.717, 1.165) is 0 Å². The van der Waals surface area contributed by atoms with Gasteiger partial charge in [-0.2, -0.15) is 0 Å². The number of carboxylic acid groups (broad SMARTS) is 1. The van der Waals surface area contributed by atoms with Crippen molar-refractivity contribution in [2.75, 3.05) is 4.90 Å². The van der Waals surface area contributed by atoms with Crippen LogP contribution in [0.2, 0.25) is 0 Å². The third-order valence-corrected chi connectivity index (χ3v) is 2.75. The number of anilines is 1. The maximum atomic E-state index is 12.0. The highest BCUT2D eigenvalue weighted by atomic mass is 16.5. The summed E-state index contributed by atoms with van der Waals surface area (Å²) < 4.78 is 5.35. The number of hydrogen-bond donors (Lipinski definition) is 1. The van der Waals surface area contributed by atoms with E-state index in [0.29, 0.717) is 5.69 Å². The average Bonchev–Trinajstić information content (AvgIpc) is 2.33. The molecule has 1 aromatic rings. The summed E-state index contributed by atoms with van der Waals surface area (Å²) in [4.78, 5) is 24.4. The minimum Gasteiger partial charge on any atom is -0.480 e. The molecule has 1 heterocycles. The number of aliphatic carboxylic acids is 1. The first-order valence-electron chi connectivity index (χ1n) is 5.78. The Hall–Kier alpha value is -1.88. The minimum atomic E-state index is -1.05. The van der Waals surface area contributed by atoms with E-state index in [1.165, 1.54) is 4.90 Å². The highest BCUT2D eigenvalue weighted by Gasteiger charge is 2.53. The van der Waals surface area contributed by atoms with Gasteiger partial charge in [0, 0.05) is 5.69 Å². The smallest absolute Gasteiger partial charge is 0.330 e. The van der Waals surface area contributed by atoms with E-state index in [1.54, 1.807) is 38.1 Å². The van der Waals surface area contributed by atoms with Crippen LogP contribution in [-0.4, -0.2) is 35.2 Å². The first kappa shape index (κ1) is 12.6. The van der Waals surface area contributed by atoms with E-state index in [9.17, 15) is 14.7 Å². The van der Waals surface area contributed by atoms with Crippen LogP contribution in [0.25, 0.3) is 0 Å². The Morgan fingerprint density at radius 3 is 2.44 bits per heavy atom. The number of rotatable bonds is 4. The first-order chi connectivity index (χ1) is 8.52. The molecule has 0 unspecified atom stereocenters. The molecule has 5 nitrogen and oxygen atoms in total. The Labute approximate surface area is 105 Å². The van der Waals surface area contributed by atoms with Crippen LogP contribution in [0.3, 0.4) is 0 Å². The van der Waals surface area contributed by atoms with Crippen LogP contribution in [0.5, 0.6) is 0 Å². The lowest BCUT2D eigenvalue weighted by Gasteiger charge is -2.44. The fourth-order valence-electron chi connectivity index (χ4n) is 2.00. The summed E-state index contributed by atoms with van der Waals surface area (Å²) in [7, 11) is 0. The van der Waals surface area contributed by atoms with Gasteiger partial charge in [-0.25, -0.2) is 4.79 Å². The molecule has 1 amide bonds. The number of para-hydroxylation sites is 1. The SMILES string of the molecule is CC(C)O[C@H]1C(=O)N(c2ccccc2)[C@@H]1C(=O)O. The largest absolute Gasteiger partial charge is 0.480 e. The van der Waals surface area contributed by atoms with Crippen LogP contribution in [0.15, 0.2) is 30.3 Å². The average molecular weight is 249 g/mol. The van der Waals surface area contributed by atoms with Crippen LogP contribution in [-0.2, 0) is 14.3 Å². The van der Waals surface area contributed by atoms with Crippen molar-refractivity contribution < 1.29 is 19.4 Å². The van der Waals surface area contributed by atoms with Gasteiger partial charge in [-0.3, -0.25) is 9.69 Å². The Bertz CT molecular complexity index is 457. The number of ether oxygens (including phenoxy) is 1. The summed E-state index contributed by atoms with van der Waals surface area (Å²) in [6.07, 6.45) is -1.07. The Morgan fingerprint density at radius 2 is 1.94 bits per heavy atom. The van der Waals surface area contributed by atoms with E-state index in [-0.39, 0.29) is 12.0 Å². The zero-order valence-electron chi connectivity index (χ0n) is 10.2. The van der Waals surface area contributed by atoms with Crippen LogP contribution >= 0.6 is 0 Å². The molecule has 1 fully saturated rings. The fourth-order valence-corrected chi connectivity index (χ4v) is 2.00. The van der Waals surface area contributed by atoms with E-state index >= 15 is 0 Å². The van der Waals surface area contributed by atoms with E-state index in [2.05, 4.69) is 0 Å². The Balaban J connectivity index is 2.23. The molecule has 0 saturated carbocycles. The maximum absolute atomic E-state index is 12.0. The molecule has 18 heavy (non-hydrogen) atoms. The highest BCUT2D eigenvalue weighted by Crippen LogP contribution is 2.30. The zero-order chi connectivity index (χ0) is 13.3. The molecule has 1 saturated heterocycles. The van der Waals surface area contributed by atoms with Gasteiger partial charge in [0.25, 0.3) is 5.91 Å². The molecular formula is C13H15NO4. The number of carbonyl (C=O) groups is 2. The molecule has 0 bridgehead atoms. The molecule has 1 aliphatic rings. The van der Waals surface area contributed by atoms with Crippen molar-refractivity contribution in [3.05, 3.63) is 30.3 Å². The van der Waals surface area contributed by atoms with Crippen LogP contribution in [0, 0.1) is 0 Å². The van der Waals surface area contributed by atoms with Gasteiger partial charge in [-0.1, -0.05) is 18.2 Å². The molecule has 0 aromatic heterocycles. The highest BCUT2D eigenvalue weighted by molar-refractivity contribution is 6.12. The number of amides is 1. The second kappa shape index (κ2) is 4.78. The molecule has 0 radical (unpaired) electrons.